The number of furan rings is 1. The number of benzene rings is 2. The van der Waals surface area contributed by atoms with Gasteiger partial charge in [0.15, 0.2) is 11.6 Å². The van der Waals surface area contributed by atoms with Crippen LogP contribution in [-0.2, 0) is 13.2 Å². The third-order valence-electron chi connectivity index (χ3n) is 4.93. The minimum absolute atomic E-state index is 0.112. The fourth-order valence-electron chi connectivity index (χ4n) is 3.17. The van der Waals surface area contributed by atoms with Gasteiger partial charge in [0, 0.05) is 16.8 Å². The second-order valence-electron chi connectivity index (χ2n) is 7.50. The summed E-state index contributed by atoms with van der Waals surface area (Å²) >= 11 is 9.45. The molecule has 0 spiro atoms. The molecule has 2 heterocycles. The fraction of sp³-hybridized carbons (Fsp3) is 0.167. The summed E-state index contributed by atoms with van der Waals surface area (Å²) in [7, 11) is 0. The lowest BCUT2D eigenvalue weighted by atomic mass is 10.1. The van der Waals surface area contributed by atoms with Crippen molar-refractivity contribution in [1.82, 2.24) is 9.78 Å². The second-order valence-corrected chi connectivity index (χ2v) is 8.76. The number of nitrogens with one attached hydrogen (secondary N) is 1. The van der Waals surface area contributed by atoms with Crippen LogP contribution in [0, 0.1) is 19.7 Å². The summed E-state index contributed by atoms with van der Waals surface area (Å²) in [6.07, 6.45) is 1.63. The Morgan fingerprint density at radius 2 is 2.06 bits per heavy atom. The number of carbonyl (C=O) groups is 1. The average Bonchev–Trinajstić information content (AvgIpc) is 3.38. The molecule has 0 saturated carbocycles. The van der Waals surface area contributed by atoms with Crippen molar-refractivity contribution in [2.45, 2.75) is 27.0 Å². The molecule has 33 heavy (non-hydrogen) atoms. The first-order valence-electron chi connectivity index (χ1n) is 10.1. The van der Waals surface area contributed by atoms with E-state index in [4.69, 9.17) is 20.8 Å². The smallest absolute Gasteiger partial charge is 0.292 e. The molecule has 0 bridgehead atoms. The van der Waals surface area contributed by atoms with E-state index in [9.17, 15) is 9.18 Å². The van der Waals surface area contributed by atoms with Crippen LogP contribution in [0.2, 0.25) is 5.02 Å². The summed E-state index contributed by atoms with van der Waals surface area (Å²) in [5.41, 5.74) is 2.42. The number of aromatic nitrogens is 2. The van der Waals surface area contributed by atoms with E-state index in [1.54, 1.807) is 24.4 Å². The molecule has 4 rings (SSSR count). The van der Waals surface area contributed by atoms with Crippen LogP contribution in [0.3, 0.4) is 0 Å². The Bertz CT molecular complexity index is 1300. The number of nitrogens with zero attached hydrogens (tertiary/aromatic N) is 2. The Balaban J connectivity index is 1.41. The number of halogens is 3. The van der Waals surface area contributed by atoms with Gasteiger partial charge in [-0.05, 0) is 71.2 Å². The van der Waals surface area contributed by atoms with Gasteiger partial charge in [-0.3, -0.25) is 9.48 Å². The zero-order chi connectivity index (χ0) is 23.5. The molecular formula is C24H20BrClFN3O3. The molecule has 9 heteroatoms. The predicted octanol–water partition coefficient (Wildman–Crippen LogP) is 6.53. The molecule has 6 nitrogen and oxygen atoms in total. The van der Waals surface area contributed by atoms with Crippen molar-refractivity contribution in [3.05, 3.63) is 98.3 Å². The standard InChI is InChI=1S/C24H20BrClFN3O3/c1-14-6-7-15(2)22(10-14)32-13-16-8-9-21(33-16)24(31)28-23-18(25)12-30(29-23)11-17-19(26)4-3-5-20(17)27/h3-10,12H,11,13H2,1-2H3,(H,28,29,31). The SMILES string of the molecule is Cc1ccc(C)c(OCc2ccc(C(=O)Nc3nn(Cc4c(F)cccc4Cl)cc3Br)o2)c1. The fourth-order valence-corrected chi connectivity index (χ4v) is 3.80. The van der Waals surface area contributed by atoms with Gasteiger partial charge in [0.25, 0.3) is 5.91 Å². The zero-order valence-electron chi connectivity index (χ0n) is 17.9. The van der Waals surface area contributed by atoms with Gasteiger partial charge in [0.05, 0.1) is 11.0 Å². The average molecular weight is 533 g/mol. The van der Waals surface area contributed by atoms with Crippen LogP contribution in [-0.4, -0.2) is 15.7 Å². The predicted molar refractivity (Wildman–Crippen MR) is 127 cm³/mol. The minimum atomic E-state index is -0.470. The summed E-state index contributed by atoms with van der Waals surface area (Å²) in [6, 6.07) is 13.7. The quantitative estimate of drug-likeness (QED) is 0.294. The molecule has 2 aromatic carbocycles. The zero-order valence-corrected chi connectivity index (χ0v) is 20.2. The molecule has 0 unspecified atom stereocenters. The van der Waals surface area contributed by atoms with Crippen LogP contribution in [0.15, 0.2) is 63.6 Å². The first-order valence-corrected chi connectivity index (χ1v) is 11.2. The van der Waals surface area contributed by atoms with E-state index in [0.717, 1.165) is 16.9 Å². The first-order chi connectivity index (χ1) is 15.8. The molecule has 0 radical (unpaired) electrons. The maximum absolute atomic E-state index is 14.1. The van der Waals surface area contributed by atoms with E-state index in [1.807, 2.05) is 32.0 Å². The molecule has 0 atom stereocenters. The van der Waals surface area contributed by atoms with Gasteiger partial charge >= 0.3 is 0 Å². The lowest BCUT2D eigenvalue weighted by Gasteiger charge is -2.08. The van der Waals surface area contributed by atoms with Crippen molar-refractivity contribution < 1.29 is 18.3 Å². The Labute approximate surface area is 203 Å². The van der Waals surface area contributed by atoms with Crippen molar-refractivity contribution in [3.63, 3.8) is 0 Å². The van der Waals surface area contributed by atoms with Crippen LogP contribution < -0.4 is 10.1 Å². The van der Waals surface area contributed by atoms with Crippen LogP contribution in [0.4, 0.5) is 10.2 Å². The molecule has 0 aliphatic heterocycles. The second kappa shape index (κ2) is 9.80. The number of aryl methyl sites for hydroxylation is 2. The summed E-state index contributed by atoms with van der Waals surface area (Å²) in [6.45, 7) is 4.26. The number of hydrogen-bond donors (Lipinski definition) is 1. The summed E-state index contributed by atoms with van der Waals surface area (Å²) < 4.78 is 27.5. The Hall–Kier alpha value is -3.10. The monoisotopic (exact) mass is 531 g/mol. The van der Waals surface area contributed by atoms with Gasteiger partial charge in [-0.2, -0.15) is 5.10 Å². The van der Waals surface area contributed by atoms with E-state index < -0.39 is 11.7 Å². The number of rotatable bonds is 7. The Kier molecular flexibility index (Phi) is 6.85. The molecule has 0 aliphatic rings. The van der Waals surface area contributed by atoms with Crippen molar-refractivity contribution in [2.24, 2.45) is 0 Å². The molecule has 4 aromatic rings. The molecule has 0 fully saturated rings. The lowest BCUT2D eigenvalue weighted by molar-refractivity contribution is 0.0992. The topological polar surface area (TPSA) is 69.3 Å². The number of anilines is 1. The van der Waals surface area contributed by atoms with Gasteiger partial charge in [0.1, 0.15) is 23.9 Å². The molecule has 1 N–H and O–H groups in total. The minimum Gasteiger partial charge on any atom is -0.485 e. The van der Waals surface area contributed by atoms with Crippen LogP contribution in [0.1, 0.15) is 33.0 Å². The summed E-state index contributed by atoms with van der Waals surface area (Å²) in [5.74, 6) is 0.778. The third kappa shape index (κ3) is 5.46. The number of hydrogen-bond acceptors (Lipinski definition) is 4. The highest BCUT2D eigenvalue weighted by Crippen LogP contribution is 2.25. The van der Waals surface area contributed by atoms with Crippen LogP contribution in [0.5, 0.6) is 5.75 Å². The van der Waals surface area contributed by atoms with Crippen molar-refractivity contribution >= 4 is 39.3 Å². The first kappa shape index (κ1) is 23.1. The molecule has 0 aliphatic carbocycles. The van der Waals surface area contributed by atoms with E-state index >= 15 is 0 Å². The Morgan fingerprint density at radius 3 is 2.85 bits per heavy atom. The lowest BCUT2D eigenvalue weighted by Crippen LogP contribution is -2.12. The van der Waals surface area contributed by atoms with Crippen molar-refractivity contribution in [3.8, 4) is 5.75 Å². The molecule has 1 amide bonds. The highest BCUT2D eigenvalue weighted by molar-refractivity contribution is 9.10. The van der Waals surface area contributed by atoms with Gasteiger partial charge in [-0.1, -0.05) is 29.8 Å². The summed E-state index contributed by atoms with van der Waals surface area (Å²) in [5, 5.41) is 7.29. The van der Waals surface area contributed by atoms with Gasteiger partial charge in [-0.25, -0.2) is 4.39 Å². The van der Waals surface area contributed by atoms with E-state index in [-0.39, 0.29) is 24.7 Å². The normalized spacial score (nSPS) is 10.9. The van der Waals surface area contributed by atoms with Crippen molar-refractivity contribution in [2.75, 3.05) is 5.32 Å². The maximum Gasteiger partial charge on any atom is 0.292 e. The number of carbonyl (C=O) groups excluding carboxylic acids is 1. The highest BCUT2D eigenvalue weighted by Gasteiger charge is 2.17. The van der Waals surface area contributed by atoms with Crippen LogP contribution in [0.25, 0.3) is 0 Å². The molecular weight excluding hydrogens is 513 g/mol. The molecule has 2 aromatic heterocycles. The van der Waals surface area contributed by atoms with Crippen LogP contribution >= 0.6 is 27.5 Å². The van der Waals surface area contributed by atoms with Gasteiger partial charge in [-0.15, -0.1) is 0 Å². The highest BCUT2D eigenvalue weighted by atomic mass is 79.9. The third-order valence-corrected chi connectivity index (χ3v) is 5.86. The number of amides is 1. The van der Waals surface area contributed by atoms with Gasteiger partial charge < -0.3 is 14.5 Å². The molecule has 170 valence electrons. The molecule has 0 saturated heterocycles. The van der Waals surface area contributed by atoms with E-state index in [0.29, 0.717) is 20.8 Å². The largest absolute Gasteiger partial charge is 0.485 e. The summed E-state index contributed by atoms with van der Waals surface area (Å²) in [4.78, 5) is 12.6. The Morgan fingerprint density at radius 1 is 1.24 bits per heavy atom. The van der Waals surface area contributed by atoms with E-state index in [2.05, 4.69) is 26.3 Å². The van der Waals surface area contributed by atoms with Gasteiger partial charge in [0.2, 0.25) is 0 Å². The maximum atomic E-state index is 14.1. The van der Waals surface area contributed by atoms with E-state index in [1.165, 1.54) is 16.8 Å². The number of ether oxygens (including phenoxy) is 1. The van der Waals surface area contributed by atoms with Crippen molar-refractivity contribution in [1.29, 1.82) is 0 Å².